The Morgan fingerprint density at radius 1 is 1.29 bits per heavy atom. The van der Waals surface area contributed by atoms with Gasteiger partial charge in [-0.1, -0.05) is 6.07 Å². The summed E-state index contributed by atoms with van der Waals surface area (Å²) in [4.78, 5) is 36.9. The Morgan fingerprint density at radius 3 is 2.58 bits per heavy atom. The second kappa shape index (κ2) is 7.44. The average molecular weight is 334 g/mol. The quantitative estimate of drug-likeness (QED) is 0.828. The fourth-order valence-electron chi connectivity index (χ4n) is 2.72. The predicted octanol–water partition coefficient (Wildman–Crippen LogP) is 0.734. The van der Waals surface area contributed by atoms with Crippen molar-refractivity contribution in [3.8, 4) is 0 Å². The number of amides is 2. The van der Waals surface area contributed by atoms with Gasteiger partial charge in [-0.3, -0.25) is 9.59 Å². The molecule has 0 aliphatic carbocycles. The summed E-state index contributed by atoms with van der Waals surface area (Å²) in [6.45, 7) is 3.83. The zero-order chi connectivity index (χ0) is 17.9. The van der Waals surface area contributed by atoms with Crippen molar-refractivity contribution >= 4 is 17.8 Å². The number of ether oxygens (including phenoxy) is 1. The third-order valence-corrected chi connectivity index (χ3v) is 4.37. The van der Waals surface area contributed by atoms with Gasteiger partial charge in [0.2, 0.25) is 5.91 Å². The van der Waals surface area contributed by atoms with Crippen LogP contribution < -0.4 is 5.32 Å². The highest BCUT2D eigenvalue weighted by atomic mass is 16.5. The molecule has 1 aromatic carbocycles. The lowest BCUT2D eigenvalue weighted by molar-refractivity contribution is -0.147. The molecule has 0 spiro atoms. The second-order valence-electron chi connectivity index (χ2n) is 5.98. The molecule has 2 amide bonds. The number of likely N-dealkylation sites (tertiary alicyclic amines) is 1. The van der Waals surface area contributed by atoms with E-state index in [-0.39, 0.29) is 31.5 Å². The standard InChI is InChI=1S/C17H22N2O5/c1-10-4-5-12(6-11(10)2)16(21)18-8-15(20)19-9-13(24-3)7-14(19)17(22)23/h4-6,13-14H,7-9H2,1-3H3,(H,18,21)(H,22,23). The first-order chi connectivity index (χ1) is 11.3. The Labute approximate surface area is 140 Å². The number of carbonyl (C=O) groups excluding carboxylic acids is 2. The summed E-state index contributed by atoms with van der Waals surface area (Å²) in [7, 11) is 1.49. The lowest BCUT2D eigenvalue weighted by Crippen LogP contribution is -2.45. The van der Waals surface area contributed by atoms with E-state index in [9.17, 15) is 19.5 Å². The summed E-state index contributed by atoms with van der Waals surface area (Å²) in [6.07, 6.45) is -0.0478. The maximum absolute atomic E-state index is 12.3. The summed E-state index contributed by atoms with van der Waals surface area (Å²) in [5.74, 6) is -1.86. The molecule has 2 N–H and O–H groups in total. The van der Waals surface area contributed by atoms with Crippen LogP contribution in [0.15, 0.2) is 18.2 Å². The van der Waals surface area contributed by atoms with Gasteiger partial charge in [0, 0.05) is 25.6 Å². The number of aryl methyl sites for hydroxylation is 2. The van der Waals surface area contributed by atoms with E-state index < -0.39 is 17.9 Å². The van der Waals surface area contributed by atoms with E-state index >= 15 is 0 Å². The minimum absolute atomic E-state index is 0.214. The number of hydrogen-bond donors (Lipinski definition) is 2. The first-order valence-corrected chi connectivity index (χ1v) is 7.74. The van der Waals surface area contributed by atoms with Gasteiger partial charge in [-0.05, 0) is 37.1 Å². The molecule has 7 heteroatoms. The van der Waals surface area contributed by atoms with E-state index in [0.29, 0.717) is 5.56 Å². The largest absolute Gasteiger partial charge is 0.480 e. The van der Waals surface area contributed by atoms with Crippen LogP contribution in [0.3, 0.4) is 0 Å². The van der Waals surface area contributed by atoms with Crippen molar-refractivity contribution in [2.75, 3.05) is 20.2 Å². The first kappa shape index (κ1) is 17.9. The number of hydrogen-bond acceptors (Lipinski definition) is 4. The number of rotatable bonds is 5. The number of carboxylic acid groups (broad SMARTS) is 1. The smallest absolute Gasteiger partial charge is 0.326 e. The molecule has 130 valence electrons. The maximum atomic E-state index is 12.3. The van der Waals surface area contributed by atoms with Gasteiger partial charge >= 0.3 is 5.97 Å². The normalized spacial score (nSPS) is 20.0. The van der Waals surface area contributed by atoms with Gasteiger partial charge in [0.15, 0.2) is 0 Å². The molecule has 0 bridgehead atoms. The number of carboxylic acids is 1. The first-order valence-electron chi connectivity index (χ1n) is 7.74. The van der Waals surface area contributed by atoms with Crippen LogP contribution in [0.2, 0.25) is 0 Å². The zero-order valence-corrected chi connectivity index (χ0v) is 14.0. The summed E-state index contributed by atoms with van der Waals surface area (Å²) in [5, 5.41) is 11.8. The van der Waals surface area contributed by atoms with Crippen LogP contribution in [0, 0.1) is 13.8 Å². The SMILES string of the molecule is COC1CC(C(=O)O)N(C(=O)CNC(=O)c2ccc(C)c(C)c2)C1. The summed E-state index contributed by atoms with van der Waals surface area (Å²) in [5.41, 5.74) is 2.54. The lowest BCUT2D eigenvalue weighted by Gasteiger charge is -2.21. The van der Waals surface area contributed by atoms with Crippen molar-refractivity contribution in [1.29, 1.82) is 0 Å². The molecule has 1 saturated heterocycles. The van der Waals surface area contributed by atoms with Crippen molar-refractivity contribution in [2.24, 2.45) is 0 Å². The van der Waals surface area contributed by atoms with E-state index in [1.807, 2.05) is 19.9 Å². The molecule has 7 nitrogen and oxygen atoms in total. The number of aliphatic carboxylic acids is 1. The number of methoxy groups -OCH3 is 1. The Bertz CT molecular complexity index is 658. The Kier molecular flexibility index (Phi) is 5.56. The Balaban J connectivity index is 1.97. The van der Waals surface area contributed by atoms with Crippen molar-refractivity contribution in [2.45, 2.75) is 32.4 Å². The molecule has 1 aromatic rings. The number of carbonyl (C=O) groups is 3. The van der Waals surface area contributed by atoms with E-state index in [4.69, 9.17) is 4.74 Å². The van der Waals surface area contributed by atoms with Gasteiger partial charge in [-0.15, -0.1) is 0 Å². The molecule has 1 fully saturated rings. The number of nitrogens with one attached hydrogen (secondary N) is 1. The van der Waals surface area contributed by atoms with E-state index in [2.05, 4.69) is 5.32 Å². The Morgan fingerprint density at radius 2 is 2.00 bits per heavy atom. The molecule has 2 unspecified atom stereocenters. The molecule has 24 heavy (non-hydrogen) atoms. The fourth-order valence-corrected chi connectivity index (χ4v) is 2.72. The van der Waals surface area contributed by atoms with Crippen LogP contribution in [-0.4, -0.2) is 60.1 Å². The van der Waals surface area contributed by atoms with Crippen LogP contribution in [0.25, 0.3) is 0 Å². The minimum Gasteiger partial charge on any atom is -0.480 e. The van der Waals surface area contributed by atoms with Gasteiger partial charge in [0.25, 0.3) is 5.91 Å². The molecular formula is C17H22N2O5. The Hall–Kier alpha value is -2.41. The molecule has 1 aliphatic heterocycles. The topological polar surface area (TPSA) is 95.9 Å². The van der Waals surface area contributed by atoms with E-state index in [0.717, 1.165) is 11.1 Å². The van der Waals surface area contributed by atoms with Gasteiger partial charge in [0.05, 0.1) is 12.6 Å². The van der Waals surface area contributed by atoms with Crippen LogP contribution in [0.1, 0.15) is 27.9 Å². The van der Waals surface area contributed by atoms with Crippen LogP contribution in [0.4, 0.5) is 0 Å². The highest BCUT2D eigenvalue weighted by molar-refractivity contribution is 5.97. The summed E-state index contributed by atoms with van der Waals surface area (Å²) in [6, 6.07) is 4.38. The van der Waals surface area contributed by atoms with Crippen molar-refractivity contribution in [3.05, 3.63) is 34.9 Å². The minimum atomic E-state index is -1.07. The van der Waals surface area contributed by atoms with Crippen LogP contribution in [-0.2, 0) is 14.3 Å². The molecule has 0 aromatic heterocycles. The van der Waals surface area contributed by atoms with Gasteiger partial charge in [-0.2, -0.15) is 0 Å². The molecule has 2 rings (SSSR count). The fraction of sp³-hybridized carbons (Fsp3) is 0.471. The van der Waals surface area contributed by atoms with E-state index in [1.165, 1.54) is 12.0 Å². The molecule has 2 atom stereocenters. The van der Waals surface area contributed by atoms with Crippen LogP contribution >= 0.6 is 0 Å². The molecule has 0 radical (unpaired) electrons. The second-order valence-corrected chi connectivity index (χ2v) is 5.98. The van der Waals surface area contributed by atoms with Crippen molar-refractivity contribution in [3.63, 3.8) is 0 Å². The maximum Gasteiger partial charge on any atom is 0.326 e. The molecule has 0 saturated carbocycles. The number of nitrogens with zero attached hydrogens (tertiary/aromatic N) is 1. The van der Waals surface area contributed by atoms with Gasteiger partial charge in [0.1, 0.15) is 6.04 Å². The molecule has 1 aliphatic rings. The third kappa shape index (κ3) is 3.91. The molecular weight excluding hydrogens is 312 g/mol. The van der Waals surface area contributed by atoms with Crippen molar-refractivity contribution in [1.82, 2.24) is 10.2 Å². The van der Waals surface area contributed by atoms with Gasteiger partial charge in [-0.25, -0.2) is 4.79 Å². The van der Waals surface area contributed by atoms with Crippen LogP contribution in [0.5, 0.6) is 0 Å². The summed E-state index contributed by atoms with van der Waals surface area (Å²) >= 11 is 0. The third-order valence-electron chi connectivity index (χ3n) is 4.37. The van der Waals surface area contributed by atoms with Crippen molar-refractivity contribution < 1.29 is 24.2 Å². The zero-order valence-electron chi connectivity index (χ0n) is 14.0. The highest BCUT2D eigenvalue weighted by Crippen LogP contribution is 2.20. The average Bonchev–Trinajstić information content (AvgIpc) is 2.99. The monoisotopic (exact) mass is 334 g/mol. The summed E-state index contributed by atoms with van der Waals surface area (Å²) < 4.78 is 5.15. The lowest BCUT2D eigenvalue weighted by atomic mass is 10.1. The highest BCUT2D eigenvalue weighted by Gasteiger charge is 2.39. The number of benzene rings is 1. The van der Waals surface area contributed by atoms with Gasteiger partial charge < -0.3 is 20.1 Å². The molecule has 1 heterocycles. The van der Waals surface area contributed by atoms with E-state index in [1.54, 1.807) is 12.1 Å². The predicted molar refractivity (Wildman–Crippen MR) is 86.8 cm³/mol.